The van der Waals surface area contributed by atoms with Crippen LogP contribution in [0.4, 0.5) is 0 Å². The van der Waals surface area contributed by atoms with Crippen LogP contribution in [0.3, 0.4) is 0 Å². The van der Waals surface area contributed by atoms with Crippen molar-refractivity contribution in [1.82, 2.24) is 9.71 Å². The molecule has 0 fully saturated rings. The average molecular weight is 369 g/mol. The van der Waals surface area contributed by atoms with E-state index in [0.29, 0.717) is 11.4 Å². The number of fused-ring (bicyclic) bond motifs is 1. The van der Waals surface area contributed by atoms with Crippen molar-refractivity contribution in [1.29, 1.82) is 0 Å². The monoisotopic (exact) mass is 368 g/mol. The largest absolute Gasteiger partial charge is 0.361 e. The normalized spacial score (nSPS) is 11.9. The van der Waals surface area contributed by atoms with E-state index in [4.69, 9.17) is 23.2 Å². The summed E-state index contributed by atoms with van der Waals surface area (Å²) in [6.07, 6.45) is 2.41. The number of hydrogen-bond acceptors (Lipinski definition) is 2. The molecule has 0 aliphatic rings. The molecule has 3 rings (SSSR count). The minimum absolute atomic E-state index is 0.0867. The molecule has 1 aromatic heterocycles. The molecule has 2 aromatic carbocycles. The molecule has 3 aromatic rings. The lowest BCUT2D eigenvalue weighted by atomic mass is 10.1. The van der Waals surface area contributed by atoms with Gasteiger partial charge in [-0.15, -0.1) is 0 Å². The Morgan fingerprint density at radius 1 is 1.09 bits per heavy atom. The highest BCUT2D eigenvalue weighted by atomic mass is 35.5. The minimum atomic E-state index is -3.62. The Kier molecular flexibility index (Phi) is 4.64. The molecule has 0 aliphatic carbocycles. The fourth-order valence-corrected chi connectivity index (χ4v) is 4.14. The Labute approximate surface area is 144 Å². The second-order valence-corrected chi connectivity index (χ2v) is 7.66. The van der Waals surface area contributed by atoms with Crippen LogP contribution in [0.2, 0.25) is 10.0 Å². The Morgan fingerprint density at radius 2 is 1.87 bits per heavy atom. The molecule has 0 amide bonds. The first-order chi connectivity index (χ1) is 11.0. The third-order valence-corrected chi connectivity index (χ3v) is 5.74. The molecule has 120 valence electrons. The smallest absolute Gasteiger partial charge is 0.242 e. The Bertz CT molecular complexity index is 952. The fourth-order valence-electron chi connectivity index (χ4n) is 2.42. The van der Waals surface area contributed by atoms with Crippen molar-refractivity contribution in [3.63, 3.8) is 0 Å². The molecule has 0 saturated heterocycles. The van der Waals surface area contributed by atoms with E-state index in [-0.39, 0.29) is 16.5 Å². The van der Waals surface area contributed by atoms with Gasteiger partial charge in [0.05, 0.1) is 5.02 Å². The molecule has 0 radical (unpaired) electrons. The van der Waals surface area contributed by atoms with Crippen LogP contribution in [0.5, 0.6) is 0 Å². The van der Waals surface area contributed by atoms with Crippen molar-refractivity contribution < 1.29 is 8.42 Å². The van der Waals surface area contributed by atoms with Gasteiger partial charge in [-0.05, 0) is 42.3 Å². The summed E-state index contributed by atoms with van der Waals surface area (Å²) in [5.41, 5.74) is 1.97. The molecule has 1 heterocycles. The second kappa shape index (κ2) is 6.53. The summed E-state index contributed by atoms with van der Waals surface area (Å²) in [7, 11) is -3.62. The van der Waals surface area contributed by atoms with Crippen LogP contribution in [-0.2, 0) is 16.4 Å². The van der Waals surface area contributed by atoms with Crippen LogP contribution in [-0.4, -0.2) is 19.9 Å². The van der Waals surface area contributed by atoms with Gasteiger partial charge in [0.2, 0.25) is 10.0 Å². The predicted molar refractivity (Wildman–Crippen MR) is 93.7 cm³/mol. The van der Waals surface area contributed by atoms with Crippen molar-refractivity contribution >= 4 is 44.1 Å². The molecule has 0 atom stereocenters. The van der Waals surface area contributed by atoms with Gasteiger partial charge in [0.1, 0.15) is 4.90 Å². The van der Waals surface area contributed by atoms with Crippen LogP contribution in [0, 0.1) is 0 Å². The highest BCUT2D eigenvalue weighted by Crippen LogP contribution is 2.23. The number of benzene rings is 2. The summed E-state index contributed by atoms with van der Waals surface area (Å²) in [5, 5.41) is 1.85. The summed E-state index contributed by atoms with van der Waals surface area (Å²) in [6, 6.07) is 11.9. The molecule has 4 nitrogen and oxygen atoms in total. The number of aromatic nitrogens is 1. The predicted octanol–water partition coefficient (Wildman–Crippen LogP) is 4.00. The lowest BCUT2D eigenvalue weighted by molar-refractivity contribution is 0.582. The summed E-state index contributed by atoms with van der Waals surface area (Å²) < 4.78 is 27.1. The Morgan fingerprint density at radius 3 is 2.65 bits per heavy atom. The number of halogens is 2. The number of hydrogen-bond donors (Lipinski definition) is 2. The summed E-state index contributed by atoms with van der Waals surface area (Å²) >= 11 is 12.0. The highest BCUT2D eigenvalue weighted by Gasteiger charge is 2.16. The zero-order valence-corrected chi connectivity index (χ0v) is 14.3. The standard InChI is InChI=1S/C16H14Cl2N2O2S/c17-12-5-6-15-13(9-12)11(10-19-15)7-8-20-23(21,22)16-4-2-1-3-14(16)18/h1-6,9-10,19-20H,7-8H2. The Hall–Kier alpha value is -1.53. The van der Waals surface area contributed by atoms with Gasteiger partial charge >= 0.3 is 0 Å². The SMILES string of the molecule is O=S(=O)(NCCc1c[nH]c2ccc(Cl)cc12)c1ccccc1Cl. The number of sulfonamides is 1. The van der Waals surface area contributed by atoms with Crippen molar-refractivity contribution in [3.8, 4) is 0 Å². The third kappa shape index (κ3) is 3.53. The average Bonchev–Trinajstić information content (AvgIpc) is 2.90. The highest BCUT2D eigenvalue weighted by molar-refractivity contribution is 7.89. The van der Waals surface area contributed by atoms with Gasteiger partial charge in [0.25, 0.3) is 0 Å². The molecule has 23 heavy (non-hydrogen) atoms. The first-order valence-corrected chi connectivity index (χ1v) is 9.21. The van der Waals surface area contributed by atoms with Crippen molar-refractivity contribution in [2.45, 2.75) is 11.3 Å². The minimum Gasteiger partial charge on any atom is -0.361 e. The maximum Gasteiger partial charge on any atom is 0.242 e. The quantitative estimate of drug-likeness (QED) is 0.714. The van der Waals surface area contributed by atoms with Crippen molar-refractivity contribution in [3.05, 3.63) is 64.3 Å². The number of nitrogens with one attached hydrogen (secondary N) is 2. The molecular weight excluding hydrogens is 355 g/mol. The van der Waals surface area contributed by atoms with Gasteiger partial charge < -0.3 is 4.98 Å². The fraction of sp³-hybridized carbons (Fsp3) is 0.125. The van der Waals surface area contributed by atoms with Crippen molar-refractivity contribution in [2.24, 2.45) is 0 Å². The molecule has 0 bridgehead atoms. The lowest BCUT2D eigenvalue weighted by Gasteiger charge is -2.08. The van der Waals surface area contributed by atoms with E-state index < -0.39 is 10.0 Å². The van der Waals surface area contributed by atoms with Gasteiger partial charge in [-0.25, -0.2) is 13.1 Å². The van der Waals surface area contributed by atoms with E-state index >= 15 is 0 Å². The zero-order valence-electron chi connectivity index (χ0n) is 12.0. The first-order valence-electron chi connectivity index (χ1n) is 6.97. The van der Waals surface area contributed by atoms with Gasteiger partial charge in [-0.2, -0.15) is 0 Å². The number of H-pyrrole nitrogens is 1. The van der Waals surface area contributed by atoms with E-state index in [1.54, 1.807) is 18.2 Å². The van der Waals surface area contributed by atoms with Crippen LogP contribution in [0.15, 0.2) is 53.6 Å². The molecule has 0 saturated carbocycles. The van der Waals surface area contributed by atoms with Gasteiger partial charge in [0.15, 0.2) is 0 Å². The van der Waals surface area contributed by atoms with E-state index in [2.05, 4.69) is 9.71 Å². The van der Waals surface area contributed by atoms with Gasteiger partial charge in [-0.1, -0.05) is 35.3 Å². The molecule has 2 N–H and O–H groups in total. The van der Waals surface area contributed by atoms with Crippen LogP contribution < -0.4 is 4.72 Å². The molecular formula is C16H14Cl2N2O2S. The van der Waals surface area contributed by atoms with E-state index in [9.17, 15) is 8.42 Å². The topological polar surface area (TPSA) is 62.0 Å². The van der Waals surface area contributed by atoms with E-state index in [1.165, 1.54) is 6.07 Å². The zero-order chi connectivity index (χ0) is 16.4. The van der Waals surface area contributed by atoms with Crippen LogP contribution >= 0.6 is 23.2 Å². The summed E-state index contributed by atoms with van der Waals surface area (Å²) in [5.74, 6) is 0. The molecule has 0 aliphatic heterocycles. The molecule has 7 heteroatoms. The van der Waals surface area contributed by atoms with Crippen molar-refractivity contribution in [2.75, 3.05) is 6.54 Å². The van der Waals surface area contributed by atoms with Crippen LogP contribution in [0.25, 0.3) is 10.9 Å². The maximum atomic E-state index is 12.3. The number of rotatable bonds is 5. The Balaban J connectivity index is 1.74. The van der Waals surface area contributed by atoms with E-state index in [0.717, 1.165) is 16.5 Å². The van der Waals surface area contributed by atoms with Gasteiger partial charge in [0, 0.05) is 28.7 Å². The lowest BCUT2D eigenvalue weighted by Crippen LogP contribution is -2.26. The molecule has 0 unspecified atom stereocenters. The summed E-state index contributed by atoms with van der Waals surface area (Å²) in [4.78, 5) is 3.23. The third-order valence-electron chi connectivity index (χ3n) is 3.54. The maximum absolute atomic E-state index is 12.3. The van der Waals surface area contributed by atoms with Crippen LogP contribution in [0.1, 0.15) is 5.56 Å². The molecule has 0 spiro atoms. The first kappa shape index (κ1) is 16.3. The van der Waals surface area contributed by atoms with E-state index in [1.807, 2.05) is 24.4 Å². The van der Waals surface area contributed by atoms with Gasteiger partial charge in [-0.3, -0.25) is 0 Å². The number of aromatic amines is 1. The second-order valence-electron chi connectivity index (χ2n) is 5.08. The summed E-state index contributed by atoms with van der Waals surface area (Å²) in [6.45, 7) is 0.271.